The van der Waals surface area contributed by atoms with Crippen LogP contribution in [0.1, 0.15) is 45.0 Å². The fourth-order valence-corrected chi connectivity index (χ4v) is 1.67. The molecule has 1 aromatic rings. The van der Waals surface area contributed by atoms with Crippen LogP contribution in [0, 0.1) is 0 Å². The highest BCUT2D eigenvalue weighted by Gasteiger charge is 2.04. The quantitative estimate of drug-likeness (QED) is 0.635. The van der Waals surface area contributed by atoms with Gasteiger partial charge in [0.1, 0.15) is 0 Å². The minimum Gasteiger partial charge on any atom is -0.380 e. The first-order valence-electron chi connectivity index (χ1n) is 6.45. The van der Waals surface area contributed by atoms with E-state index in [9.17, 15) is 0 Å². The van der Waals surface area contributed by atoms with Crippen LogP contribution in [-0.2, 0) is 24.1 Å². The van der Waals surface area contributed by atoms with Gasteiger partial charge in [0.05, 0.1) is 18.8 Å². The molecule has 0 bridgehead atoms. The van der Waals surface area contributed by atoms with E-state index < -0.39 is 0 Å². The Morgan fingerprint density at radius 3 is 2.62 bits per heavy atom. The van der Waals surface area contributed by atoms with Crippen molar-refractivity contribution in [2.75, 3.05) is 13.2 Å². The van der Waals surface area contributed by atoms with Gasteiger partial charge in [-0.2, -0.15) is 5.10 Å². The lowest BCUT2D eigenvalue weighted by atomic mass is 10.3. The molecule has 0 saturated heterocycles. The highest BCUT2D eigenvalue weighted by atomic mass is 16.5. The predicted molar refractivity (Wildman–Crippen MR) is 66.7 cm³/mol. The number of aryl methyl sites for hydroxylation is 2. The molecule has 0 aliphatic carbocycles. The Labute approximate surface area is 98.8 Å². The first-order chi connectivity index (χ1) is 7.81. The fraction of sp³-hybridized carbons (Fsp3) is 0.769. The van der Waals surface area contributed by atoms with Crippen LogP contribution in [0.5, 0.6) is 0 Å². The zero-order chi connectivity index (χ0) is 11.8. The second kappa shape index (κ2) is 7.44. The maximum Gasteiger partial charge on any atom is 0.0662 e. The predicted octanol–water partition coefficient (Wildman–Crippen LogP) is 2.82. The third kappa shape index (κ3) is 3.97. The summed E-state index contributed by atoms with van der Waals surface area (Å²) in [4.78, 5) is 0. The first-order valence-corrected chi connectivity index (χ1v) is 6.45. The minimum atomic E-state index is 0.776. The van der Waals surface area contributed by atoms with Crippen LogP contribution in [0.3, 0.4) is 0 Å². The van der Waals surface area contributed by atoms with Crippen LogP contribution in [0.2, 0.25) is 0 Å². The standard InChI is InChI=1S/C13H24N2O/c1-4-7-9-16-10-8-15-13(6-3)11-12(5-2)14-15/h11H,4-10H2,1-3H3. The van der Waals surface area contributed by atoms with Crippen molar-refractivity contribution >= 4 is 0 Å². The summed E-state index contributed by atoms with van der Waals surface area (Å²) in [6.45, 7) is 9.03. The number of hydrogen-bond donors (Lipinski definition) is 0. The van der Waals surface area contributed by atoms with Gasteiger partial charge in [-0.1, -0.05) is 27.2 Å². The summed E-state index contributed by atoms with van der Waals surface area (Å²) in [7, 11) is 0. The molecule has 0 unspecified atom stereocenters. The van der Waals surface area contributed by atoms with Gasteiger partial charge in [0.2, 0.25) is 0 Å². The van der Waals surface area contributed by atoms with Crippen molar-refractivity contribution in [2.45, 2.75) is 53.0 Å². The van der Waals surface area contributed by atoms with Crippen molar-refractivity contribution < 1.29 is 4.74 Å². The van der Waals surface area contributed by atoms with Gasteiger partial charge in [-0.05, 0) is 25.3 Å². The lowest BCUT2D eigenvalue weighted by molar-refractivity contribution is 0.120. The molecule has 3 heteroatoms. The molecule has 0 spiro atoms. The average Bonchev–Trinajstić information content (AvgIpc) is 2.71. The molecule has 0 aromatic carbocycles. The lowest BCUT2D eigenvalue weighted by Gasteiger charge is -2.06. The largest absolute Gasteiger partial charge is 0.380 e. The van der Waals surface area contributed by atoms with E-state index in [0.29, 0.717) is 0 Å². The van der Waals surface area contributed by atoms with Gasteiger partial charge in [-0.15, -0.1) is 0 Å². The van der Waals surface area contributed by atoms with E-state index in [1.165, 1.54) is 17.8 Å². The molecule has 0 saturated carbocycles. The Hall–Kier alpha value is -0.830. The minimum absolute atomic E-state index is 0.776. The molecular weight excluding hydrogens is 200 g/mol. The maximum atomic E-state index is 5.56. The van der Waals surface area contributed by atoms with Crippen LogP contribution in [0.25, 0.3) is 0 Å². The summed E-state index contributed by atoms with van der Waals surface area (Å²) in [5.74, 6) is 0. The molecule has 0 aliphatic rings. The highest BCUT2D eigenvalue weighted by molar-refractivity contribution is 5.10. The van der Waals surface area contributed by atoms with Gasteiger partial charge in [-0.3, -0.25) is 4.68 Å². The Morgan fingerprint density at radius 1 is 1.19 bits per heavy atom. The number of ether oxygens (including phenoxy) is 1. The van der Waals surface area contributed by atoms with Crippen molar-refractivity contribution in [1.29, 1.82) is 0 Å². The van der Waals surface area contributed by atoms with Gasteiger partial charge in [0.15, 0.2) is 0 Å². The molecule has 92 valence electrons. The molecule has 0 amide bonds. The van der Waals surface area contributed by atoms with Crippen molar-refractivity contribution in [3.8, 4) is 0 Å². The van der Waals surface area contributed by atoms with Crippen molar-refractivity contribution in [1.82, 2.24) is 9.78 Å². The normalized spacial score (nSPS) is 10.9. The summed E-state index contributed by atoms with van der Waals surface area (Å²) in [6.07, 6.45) is 4.40. The second-order valence-corrected chi connectivity index (χ2v) is 4.02. The third-order valence-corrected chi connectivity index (χ3v) is 2.73. The monoisotopic (exact) mass is 224 g/mol. The number of unbranched alkanes of at least 4 members (excludes halogenated alkanes) is 1. The molecule has 1 rings (SSSR count). The zero-order valence-corrected chi connectivity index (χ0v) is 10.8. The summed E-state index contributed by atoms with van der Waals surface area (Å²) in [5, 5.41) is 4.55. The molecule has 0 atom stereocenters. The summed E-state index contributed by atoms with van der Waals surface area (Å²) < 4.78 is 7.65. The molecule has 1 aromatic heterocycles. The average molecular weight is 224 g/mol. The summed E-state index contributed by atoms with van der Waals surface area (Å²) in [6, 6.07) is 2.20. The van der Waals surface area contributed by atoms with Crippen LogP contribution >= 0.6 is 0 Å². The van der Waals surface area contributed by atoms with E-state index in [2.05, 4.69) is 36.6 Å². The van der Waals surface area contributed by atoms with E-state index in [-0.39, 0.29) is 0 Å². The Kier molecular flexibility index (Phi) is 6.16. The molecule has 0 fully saturated rings. The van der Waals surface area contributed by atoms with Crippen molar-refractivity contribution in [2.24, 2.45) is 0 Å². The van der Waals surface area contributed by atoms with Crippen LogP contribution in [0.4, 0.5) is 0 Å². The van der Waals surface area contributed by atoms with Gasteiger partial charge in [0, 0.05) is 12.3 Å². The lowest BCUT2D eigenvalue weighted by Crippen LogP contribution is -2.10. The highest BCUT2D eigenvalue weighted by Crippen LogP contribution is 2.06. The molecule has 0 N–H and O–H groups in total. The van der Waals surface area contributed by atoms with E-state index in [1.807, 2.05) is 0 Å². The van der Waals surface area contributed by atoms with E-state index in [4.69, 9.17) is 4.74 Å². The summed E-state index contributed by atoms with van der Waals surface area (Å²) >= 11 is 0. The van der Waals surface area contributed by atoms with Gasteiger partial charge in [-0.25, -0.2) is 0 Å². The summed E-state index contributed by atoms with van der Waals surface area (Å²) in [5.41, 5.74) is 2.50. The van der Waals surface area contributed by atoms with Crippen molar-refractivity contribution in [3.63, 3.8) is 0 Å². The van der Waals surface area contributed by atoms with E-state index in [1.54, 1.807) is 0 Å². The number of nitrogens with zero attached hydrogens (tertiary/aromatic N) is 2. The van der Waals surface area contributed by atoms with Gasteiger partial charge in [0.25, 0.3) is 0 Å². The van der Waals surface area contributed by atoms with Crippen LogP contribution in [0.15, 0.2) is 6.07 Å². The van der Waals surface area contributed by atoms with Crippen LogP contribution in [-0.4, -0.2) is 23.0 Å². The number of hydrogen-bond acceptors (Lipinski definition) is 2. The van der Waals surface area contributed by atoms with Gasteiger partial charge >= 0.3 is 0 Å². The molecule has 0 radical (unpaired) electrons. The SMILES string of the molecule is CCCCOCCn1nc(CC)cc1CC. The van der Waals surface area contributed by atoms with Crippen LogP contribution < -0.4 is 0 Å². The second-order valence-electron chi connectivity index (χ2n) is 4.02. The molecule has 3 nitrogen and oxygen atoms in total. The van der Waals surface area contributed by atoms with E-state index >= 15 is 0 Å². The fourth-order valence-electron chi connectivity index (χ4n) is 1.67. The molecule has 16 heavy (non-hydrogen) atoms. The smallest absolute Gasteiger partial charge is 0.0662 e. The Bertz CT molecular complexity index is 294. The molecule has 1 heterocycles. The maximum absolute atomic E-state index is 5.56. The first kappa shape index (κ1) is 13.2. The van der Waals surface area contributed by atoms with Crippen molar-refractivity contribution in [3.05, 3.63) is 17.5 Å². The van der Waals surface area contributed by atoms with E-state index in [0.717, 1.165) is 39.0 Å². The Balaban J connectivity index is 2.37. The number of rotatable bonds is 8. The Morgan fingerprint density at radius 2 is 2.00 bits per heavy atom. The van der Waals surface area contributed by atoms with Gasteiger partial charge < -0.3 is 4.74 Å². The third-order valence-electron chi connectivity index (χ3n) is 2.73. The topological polar surface area (TPSA) is 27.1 Å². The zero-order valence-electron chi connectivity index (χ0n) is 10.8. The molecular formula is C13H24N2O. The molecule has 0 aliphatic heterocycles. The number of aromatic nitrogens is 2.